The van der Waals surface area contributed by atoms with Crippen LogP contribution in [-0.2, 0) is 0 Å². The molecule has 3 rings (SSSR count). The number of phenolic OH excluding ortho intramolecular Hbond substituents is 1. The summed E-state index contributed by atoms with van der Waals surface area (Å²) in [4.78, 5) is 11.2. The molecule has 3 aromatic carbocycles. The van der Waals surface area contributed by atoms with Crippen molar-refractivity contribution < 1.29 is 24.9 Å². The predicted molar refractivity (Wildman–Crippen MR) is 129 cm³/mol. The van der Waals surface area contributed by atoms with Gasteiger partial charge in [0.25, 0.3) is 0 Å². The van der Waals surface area contributed by atoms with Crippen LogP contribution in [0, 0.1) is 20.8 Å². The number of rotatable bonds is 9. The zero-order chi connectivity index (χ0) is 24.1. The average Bonchev–Trinajstić information content (AvgIpc) is 2.77. The van der Waals surface area contributed by atoms with E-state index in [0.717, 1.165) is 39.1 Å². The Balaban J connectivity index is 1.61. The third kappa shape index (κ3) is 5.92. The number of aryl methyl sites for hydroxylation is 3. The van der Waals surface area contributed by atoms with E-state index in [4.69, 9.17) is 4.74 Å². The third-order valence-corrected chi connectivity index (χ3v) is 5.77. The quantitative estimate of drug-likeness (QED) is 0.351. The molecule has 0 unspecified atom stereocenters. The van der Waals surface area contributed by atoms with Gasteiger partial charge in [0.05, 0.1) is 11.7 Å². The fourth-order valence-corrected chi connectivity index (χ4v) is 3.97. The smallest absolute Gasteiger partial charge is 0.335 e. The number of ether oxygens (including phenoxy) is 1. The molecule has 6 nitrogen and oxygen atoms in total. The fraction of sp³-hybridized carbons (Fsp3) is 0.296. The maximum atomic E-state index is 11.2. The molecular weight excluding hydrogens is 418 g/mol. The second kappa shape index (κ2) is 10.5. The van der Waals surface area contributed by atoms with Crippen molar-refractivity contribution in [3.8, 4) is 22.6 Å². The van der Waals surface area contributed by atoms with Gasteiger partial charge in [-0.25, -0.2) is 4.79 Å². The number of hydrogen-bond donors (Lipinski definition) is 4. The third-order valence-electron chi connectivity index (χ3n) is 5.77. The highest BCUT2D eigenvalue weighted by atomic mass is 16.5. The van der Waals surface area contributed by atoms with Crippen LogP contribution in [0.5, 0.6) is 11.5 Å². The topological polar surface area (TPSA) is 99.0 Å². The van der Waals surface area contributed by atoms with Crippen LogP contribution in [-0.4, -0.2) is 40.5 Å². The molecule has 0 saturated carbocycles. The van der Waals surface area contributed by atoms with E-state index in [-0.39, 0.29) is 17.4 Å². The first-order valence-electron chi connectivity index (χ1n) is 11.0. The van der Waals surface area contributed by atoms with Gasteiger partial charge in [-0.2, -0.15) is 0 Å². The van der Waals surface area contributed by atoms with Crippen LogP contribution >= 0.6 is 0 Å². The molecule has 0 aliphatic carbocycles. The monoisotopic (exact) mass is 449 g/mol. The Hall–Kier alpha value is -3.35. The summed E-state index contributed by atoms with van der Waals surface area (Å²) in [6.07, 6.45) is -0.691. The molecule has 3 aromatic rings. The van der Waals surface area contributed by atoms with E-state index in [9.17, 15) is 20.1 Å². The van der Waals surface area contributed by atoms with Crippen molar-refractivity contribution in [3.63, 3.8) is 0 Å². The van der Waals surface area contributed by atoms with Crippen molar-refractivity contribution in [2.75, 3.05) is 13.2 Å². The molecule has 0 bridgehead atoms. The molecule has 174 valence electrons. The average molecular weight is 450 g/mol. The first kappa shape index (κ1) is 24.3. The first-order valence-corrected chi connectivity index (χ1v) is 11.0. The Labute approximate surface area is 194 Å². The van der Waals surface area contributed by atoms with Crippen LogP contribution in [0.1, 0.15) is 45.6 Å². The van der Waals surface area contributed by atoms with Gasteiger partial charge in [-0.1, -0.05) is 18.2 Å². The second-order valence-corrected chi connectivity index (χ2v) is 8.40. The van der Waals surface area contributed by atoms with E-state index in [1.807, 2.05) is 33.8 Å². The summed E-state index contributed by atoms with van der Waals surface area (Å²) in [6, 6.07) is 15.6. The molecule has 0 aliphatic rings. The van der Waals surface area contributed by atoms with Gasteiger partial charge in [0.15, 0.2) is 0 Å². The molecule has 0 amide bonds. The zero-order valence-electron chi connectivity index (χ0n) is 19.4. The molecule has 6 heteroatoms. The van der Waals surface area contributed by atoms with Gasteiger partial charge in [0.2, 0.25) is 0 Å². The second-order valence-electron chi connectivity index (χ2n) is 8.40. The normalized spacial score (nSPS) is 12.9. The van der Waals surface area contributed by atoms with Gasteiger partial charge in [0.1, 0.15) is 18.1 Å². The number of carboxylic acids is 1. The SMILES string of the molecule is Cc1cc(C(=O)O)ccc1-c1cc(C)c(OCCN[C@@H](C)[C@H](O)c2ccc(O)cc2)c(C)c1. The highest BCUT2D eigenvalue weighted by molar-refractivity contribution is 5.89. The number of phenols is 1. The summed E-state index contributed by atoms with van der Waals surface area (Å²) in [5.41, 5.74) is 5.96. The maximum Gasteiger partial charge on any atom is 0.335 e. The standard InChI is InChI=1S/C27H31NO5/c1-16-13-21(27(31)32)7-10-24(16)22-14-17(2)26(18(3)15-22)33-12-11-28-19(4)25(30)20-5-8-23(29)9-6-20/h5-10,13-15,19,25,28-30H,11-12H2,1-4H3,(H,31,32)/t19-,25-/m0/s1. The number of carbonyl (C=O) groups is 1. The molecule has 0 spiro atoms. The van der Waals surface area contributed by atoms with Crippen molar-refractivity contribution >= 4 is 5.97 Å². The van der Waals surface area contributed by atoms with E-state index in [1.54, 1.807) is 36.4 Å². The van der Waals surface area contributed by atoms with E-state index in [0.29, 0.717) is 13.2 Å². The number of hydrogen-bond acceptors (Lipinski definition) is 5. The first-order chi connectivity index (χ1) is 15.7. The predicted octanol–water partition coefficient (Wildman–Crippen LogP) is 4.77. The summed E-state index contributed by atoms with van der Waals surface area (Å²) >= 11 is 0. The van der Waals surface area contributed by atoms with Gasteiger partial charge in [-0.05, 0) is 97.5 Å². The van der Waals surface area contributed by atoms with Crippen molar-refractivity contribution in [1.29, 1.82) is 0 Å². The summed E-state index contributed by atoms with van der Waals surface area (Å²) in [6.45, 7) is 8.82. The van der Waals surface area contributed by atoms with Gasteiger partial charge < -0.3 is 25.4 Å². The lowest BCUT2D eigenvalue weighted by Gasteiger charge is -2.21. The maximum absolute atomic E-state index is 11.2. The largest absolute Gasteiger partial charge is 0.508 e. The molecule has 0 radical (unpaired) electrons. The van der Waals surface area contributed by atoms with Crippen LogP contribution in [0.4, 0.5) is 0 Å². The lowest BCUT2D eigenvalue weighted by Crippen LogP contribution is -2.35. The number of carboxylic acid groups (broad SMARTS) is 1. The van der Waals surface area contributed by atoms with Crippen molar-refractivity contribution in [2.45, 2.75) is 39.8 Å². The van der Waals surface area contributed by atoms with Gasteiger partial charge in [-0.3, -0.25) is 0 Å². The van der Waals surface area contributed by atoms with Crippen molar-refractivity contribution in [1.82, 2.24) is 5.32 Å². The summed E-state index contributed by atoms with van der Waals surface area (Å²) in [7, 11) is 0. The minimum Gasteiger partial charge on any atom is -0.508 e. The molecule has 33 heavy (non-hydrogen) atoms. The molecule has 2 atom stereocenters. The fourth-order valence-electron chi connectivity index (χ4n) is 3.97. The summed E-state index contributed by atoms with van der Waals surface area (Å²) in [5, 5.41) is 32.3. The number of aliphatic hydroxyl groups is 1. The van der Waals surface area contributed by atoms with Crippen LogP contribution < -0.4 is 10.1 Å². The van der Waals surface area contributed by atoms with Crippen LogP contribution in [0.25, 0.3) is 11.1 Å². The summed E-state index contributed by atoms with van der Waals surface area (Å²) < 4.78 is 6.04. The van der Waals surface area contributed by atoms with Gasteiger partial charge in [0, 0.05) is 12.6 Å². The van der Waals surface area contributed by atoms with Crippen LogP contribution in [0.3, 0.4) is 0 Å². The molecule has 0 saturated heterocycles. The minimum atomic E-state index is -0.931. The molecule has 0 aliphatic heterocycles. The number of nitrogens with one attached hydrogen (secondary N) is 1. The molecule has 0 fully saturated rings. The number of aliphatic hydroxyl groups excluding tert-OH is 1. The van der Waals surface area contributed by atoms with E-state index in [1.165, 1.54) is 0 Å². The van der Waals surface area contributed by atoms with Crippen molar-refractivity contribution in [2.24, 2.45) is 0 Å². The Kier molecular flexibility index (Phi) is 7.74. The Morgan fingerprint density at radius 1 is 0.970 bits per heavy atom. The minimum absolute atomic E-state index is 0.171. The Bertz CT molecular complexity index is 1100. The lowest BCUT2D eigenvalue weighted by atomic mass is 9.95. The van der Waals surface area contributed by atoms with Crippen LogP contribution in [0.15, 0.2) is 54.6 Å². The molecule has 0 heterocycles. The van der Waals surface area contributed by atoms with E-state index < -0.39 is 12.1 Å². The van der Waals surface area contributed by atoms with Crippen molar-refractivity contribution in [3.05, 3.63) is 82.4 Å². The van der Waals surface area contributed by atoms with E-state index in [2.05, 4.69) is 17.4 Å². The molecule has 0 aromatic heterocycles. The molecule has 4 N–H and O–H groups in total. The van der Waals surface area contributed by atoms with E-state index >= 15 is 0 Å². The Morgan fingerprint density at radius 2 is 1.61 bits per heavy atom. The molecular formula is C27H31NO5. The number of benzene rings is 3. The van der Waals surface area contributed by atoms with Gasteiger partial charge in [-0.15, -0.1) is 0 Å². The lowest BCUT2D eigenvalue weighted by molar-refractivity contribution is 0.0696. The highest BCUT2D eigenvalue weighted by Gasteiger charge is 2.16. The number of aromatic carboxylic acids is 1. The summed E-state index contributed by atoms with van der Waals surface area (Å²) in [5.74, 6) is 0.0653. The zero-order valence-corrected chi connectivity index (χ0v) is 19.4. The van der Waals surface area contributed by atoms with Gasteiger partial charge >= 0.3 is 5.97 Å². The van der Waals surface area contributed by atoms with Crippen LogP contribution in [0.2, 0.25) is 0 Å². The number of aromatic hydroxyl groups is 1. The Morgan fingerprint density at radius 3 is 2.18 bits per heavy atom. The highest BCUT2D eigenvalue weighted by Crippen LogP contribution is 2.32.